The molecule has 0 saturated heterocycles. The maximum absolute atomic E-state index is 12.3. The highest BCUT2D eigenvalue weighted by molar-refractivity contribution is 7.59. The van der Waals surface area contributed by atoms with E-state index in [0.717, 1.165) is 64.4 Å². The molecule has 1 amide bonds. The molecule has 0 aliphatic carbocycles. The normalized spacial score (nSPS) is 13.2. The molecule has 0 spiro atoms. The molecule has 35 heavy (non-hydrogen) atoms. The van der Waals surface area contributed by atoms with Gasteiger partial charge < -0.3 is 15.4 Å². The zero-order valence-electron chi connectivity index (χ0n) is 19.7. The Bertz CT molecular complexity index is 1360. The molecular formula is C26H28N6O2S. The van der Waals surface area contributed by atoms with Gasteiger partial charge in [-0.1, -0.05) is 25.1 Å². The van der Waals surface area contributed by atoms with Gasteiger partial charge in [-0.25, -0.2) is 15.0 Å². The van der Waals surface area contributed by atoms with Crippen molar-refractivity contribution < 1.29 is 9.53 Å². The van der Waals surface area contributed by atoms with Crippen molar-refractivity contribution in [2.75, 3.05) is 25.5 Å². The van der Waals surface area contributed by atoms with E-state index >= 15 is 0 Å². The number of fused-ring (bicyclic) bond motifs is 2. The van der Waals surface area contributed by atoms with E-state index < -0.39 is 0 Å². The quantitative estimate of drug-likeness (QED) is 0.421. The third kappa shape index (κ3) is 5.05. The number of benzene rings is 1. The molecule has 2 N–H and O–H groups in total. The number of nitrogens with one attached hydrogen (secondary N) is 2. The van der Waals surface area contributed by atoms with E-state index in [0.29, 0.717) is 12.1 Å². The molecule has 0 fully saturated rings. The number of amides is 1. The van der Waals surface area contributed by atoms with E-state index in [-0.39, 0.29) is 25.3 Å². The molecule has 3 aromatic heterocycles. The lowest BCUT2D eigenvalue weighted by atomic mass is 9.96. The lowest BCUT2D eigenvalue weighted by Crippen LogP contribution is -2.18. The summed E-state index contributed by atoms with van der Waals surface area (Å²) >= 11 is 0. The van der Waals surface area contributed by atoms with Crippen molar-refractivity contribution in [3.05, 3.63) is 71.8 Å². The van der Waals surface area contributed by atoms with E-state index in [4.69, 9.17) is 4.74 Å². The highest BCUT2D eigenvalue weighted by atomic mass is 32.1. The van der Waals surface area contributed by atoms with Gasteiger partial charge in [-0.15, -0.1) is 0 Å². The van der Waals surface area contributed by atoms with Crippen molar-refractivity contribution in [3.8, 4) is 17.1 Å². The Morgan fingerprint density at radius 3 is 2.89 bits per heavy atom. The summed E-state index contributed by atoms with van der Waals surface area (Å²) in [5.74, 6) is 1.48. The average molecular weight is 489 g/mol. The minimum atomic E-state index is -0.118. The Kier molecular flexibility index (Phi) is 7.45. The van der Waals surface area contributed by atoms with Crippen molar-refractivity contribution >= 4 is 36.1 Å². The number of carbonyl (C=O) groups is 1. The van der Waals surface area contributed by atoms with Crippen LogP contribution < -0.4 is 15.4 Å². The molecule has 4 aromatic rings. The maximum Gasteiger partial charge on any atom is 0.251 e. The molecule has 180 valence electrons. The predicted octanol–water partition coefficient (Wildman–Crippen LogP) is 4.10. The van der Waals surface area contributed by atoms with Gasteiger partial charge in [0.05, 0.1) is 23.4 Å². The molecule has 8 nitrogen and oxygen atoms in total. The molecule has 0 saturated carbocycles. The Morgan fingerprint density at radius 1 is 1.14 bits per heavy atom. The predicted molar refractivity (Wildman–Crippen MR) is 141 cm³/mol. The molecule has 9 heteroatoms. The first-order chi connectivity index (χ1) is 16.6. The van der Waals surface area contributed by atoms with Crippen LogP contribution in [0.15, 0.2) is 55.1 Å². The van der Waals surface area contributed by atoms with Gasteiger partial charge in [0, 0.05) is 54.5 Å². The largest absolute Gasteiger partial charge is 0.477 e. The van der Waals surface area contributed by atoms with Crippen LogP contribution in [-0.4, -0.2) is 46.0 Å². The summed E-state index contributed by atoms with van der Waals surface area (Å²) in [6, 6.07) is 11.7. The molecule has 5 rings (SSSR count). The van der Waals surface area contributed by atoms with E-state index in [2.05, 4.69) is 49.6 Å². The number of anilines is 1. The van der Waals surface area contributed by atoms with Crippen LogP contribution in [0.2, 0.25) is 0 Å². The smallest absolute Gasteiger partial charge is 0.251 e. The van der Waals surface area contributed by atoms with Crippen molar-refractivity contribution in [1.82, 2.24) is 25.3 Å². The van der Waals surface area contributed by atoms with Gasteiger partial charge in [-0.05, 0) is 30.5 Å². The number of hydrogen-bond donors (Lipinski definition) is 2. The molecule has 4 heterocycles. The molecular weight excluding hydrogens is 460 g/mol. The maximum atomic E-state index is 12.3. The van der Waals surface area contributed by atoms with E-state index in [1.54, 1.807) is 31.8 Å². The minimum Gasteiger partial charge on any atom is -0.477 e. The van der Waals surface area contributed by atoms with Crippen molar-refractivity contribution in [3.63, 3.8) is 0 Å². The SMILES string of the molecule is CNC(=O)c1ccnc2c([C@H](C)CNc3cc(-c4cnc5c(c4)CCCO5)ncn3)cccc12.S. The number of ether oxygens (including phenoxy) is 1. The first kappa shape index (κ1) is 24.4. The summed E-state index contributed by atoms with van der Waals surface area (Å²) < 4.78 is 5.62. The second-order valence-electron chi connectivity index (χ2n) is 8.39. The Hall–Kier alpha value is -3.72. The van der Waals surface area contributed by atoms with Crippen molar-refractivity contribution in [2.45, 2.75) is 25.7 Å². The lowest BCUT2D eigenvalue weighted by Gasteiger charge is -2.17. The summed E-state index contributed by atoms with van der Waals surface area (Å²) in [6.07, 6.45) is 7.01. The van der Waals surface area contributed by atoms with Crippen LogP contribution in [0.4, 0.5) is 5.82 Å². The molecule has 0 bridgehead atoms. The fourth-order valence-corrected chi connectivity index (χ4v) is 4.29. The summed E-state index contributed by atoms with van der Waals surface area (Å²) in [4.78, 5) is 30.1. The minimum absolute atomic E-state index is 0. The topological polar surface area (TPSA) is 102 Å². The lowest BCUT2D eigenvalue weighted by molar-refractivity contribution is 0.0964. The summed E-state index contributed by atoms with van der Waals surface area (Å²) in [5, 5.41) is 6.97. The van der Waals surface area contributed by atoms with Crippen LogP contribution in [-0.2, 0) is 6.42 Å². The third-order valence-electron chi connectivity index (χ3n) is 6.11. The zero-order chi connectivity index (χ0) is 23.5. The summed E-state index contributed by atoms with van der Waals surface area (Å²) in [5.41, 5.74) is 5.41. The van der Waals surface area contributed by atoms with E-state index in [1.807, 2.05) is 18.2 Å². The van der Waals surface area contributed by atoms with Crippen LogP contribution in [0.25, 0.3) is 22.2 Å². The van der Waals surface area contributed by atoms with Gasteiger partial charge in [0.15, 0.2) is 0 Å². The summed E-state index contributed by atoms with van der Waals surface area (Å²) in [6.45, 7) is 3.50. The highest BCUT2D eigenvalue weighted by Crippen LogP contribution is 2.29. The Balaban J connectivity index is 0.00000289. The van der Waals surface area contributed by atoms with Crippen LogP contribution >= 0.6 is 13.5 Å². The second-order valence-corrected chi connectivity index (χ2v) is 8.39. The number of rotatable bonds is 6. The second kappa shape index (κ2) is 10.7. The van der Waals surface area contributed by atoms with Crippen molar-refractivity contribution in [1.29, 1.82) is 0 Å². The first-order valence-corrected chi connectivity index (χ1v) is 11.4. The number of pyridine rings is 2. The molecule has 1 atom stereocenters. The van der Waals surface area contributed by atoms with E-state index in [1.165, 1.54) is 0 Å². The molecule has 1 aliphatic heterocycles. The van der Waals surface area contributed by atoms with Gasteiger partial charge in [-0.3, -0.25) is 9.78 Å². The van der Waals surface area contributed by atoms with Gasteiger partial charge >= 0.3 is 0 Å². The Labute approximate surface area is 211 Å². The number of carbonyl (C=O) groups excluding carboxylic acids is 1. The number of hydrogen-bond acceptors (Lipinski definition) is 7. The number of nitrogens with zero attached hydrogens (tertiary/aromatic N) is 4. The number of para-hydroxylation sites is 1. The van der Waals surface area contributed by atoms with Gasteiger partial charge in [0.2, 0.25) is 5.88 Å². The molecule has 0 radical (unpaired) electrons. The fraction of sp³-hybridized carbons (Fsp3) is 0.269. The van der Waals surface area contributed by atoms with Gasteiger partial charge in [-0.2, -0.15) is 13.5 Å². The fourth-order valence-electron chi connectivity index (χ4n) is 4.29. The first-order valence-electron chi connectivity index (χ1n) is 11.4. The van der Waals surface area contributed by atoms with Crippen LogP contribution in [0.5, 0.6) is 5.88 Å². The monoisotopic (exact) mass is 488 g/mol. The zero-order valence-corrected chi connectivity index (χ0v) is 20.7. The number of aromatic nitrogens is 4. The van der Waals surface area contributed by atoms with Gasteiger partial charge in [0.1, 0.15) is 12.1 Å². The van der Waals surface area contributed by atoms with Crippen LogP contribution in [0.3, 0.4) is 0 Å². The third-order valence-corrected chi connectivity index (χ3v) is 6.11. The highest BCUT2D eigenvalue weighted by Gasteiger charge is 2.16. The van der Waals surface area contributed by atoms with E-state index in [9.17, 15) is 4.79 Å². The number of aryl methyl sites for hydroxylation is 1. The van der Waals surface area contributed by atoms with Crippen LogP contribution in [0, 0.1) is 0 Å². The average Bonchev–Trinajstić information content (AvgIpc) is 2.90. The standard InChI is InChI=1S/C26H26N6O2.H2S/c1-16(19-6-3-7-20-21(25(33)27-2)8-9-28-24(19)20)13-29-23-12-22(31-15-32-23)18-11-17-5-4-10-34-26(17)30-14-18;/h3,6-9,11-12,14-16H,4-5,10,13H2,1-2H3,(H,27,33)(H,29,31,32);1H2/t16-;/m1./s1. The Morgan fingerprint density at radius 2 is 2.03 bits per heavy atom. The molecule has 0 unspecified atom stereocenters. The van der Waals surface area contributed by atoms with Gasteiger partial charge in [0.25, 0.3) is 5.91 Å². The molecule has 1 aliphatic rings. The summed E-state index contributed by atoms with van der Waals surface area (Å²) in [7, 11) is 1.63. The van der Waals surface area contributed by atoms with Crippen LogP contribution in [0.1, 0.15) is 40.7 Å². The molecule has 1 aromatic carbocycles. The van der Waals surface area contributed by atoms with Crippen molar-refractivity contribution in [2.24, 2.45) is 0 Å².